The third kappa shape index (κ3) is 7.41. The molecule has 3 aliphatic rings. The number of thioether (sulfide) groups is 1. The van der Waals surface area contributed by atoms with Crippen LogP contribution in [0.2, 0.25) is 5.02 Å². The zero-order valence-electron chi connectivity index (χ0n) is 28.1. The molecule has 1 aromatic carbocycles. The number of β-lactam (4-membered cyclic amide) rings is 1. The SMILES string of the molecule is CC(C)(O/N=C(\C(=O)C[C@@H]1C(=O)N2C[C@@](C(=O)O)(N3CCN(NC(=O)CCNC(=O)C(=O)c4ccc(O)c(O)c4Cl)C3=O)S[C@H]12)c1csc(N)n1)C(=O)O. The van der Waals surface area contributed by atoms with Crippen molar-refractivity contribution in [2.75, 3.05) is 31.9 Å². The molecule has 3 fully saturated rings. The maximum atomic E-state index is 13.5. The topological polar surface area (TPSA) is 312 Å². The van der Waals surface area contributed by atoms with Crippen LogP contribution in [0.15, 0.2) is 22.7 Å². The number of Topliss-reactive ketones (excluding diaryl/α,β-unsaturated/α-hetero) is 2. The number of amides is 5. The number of urea groups is 1. The van der Waals surface area contributed by atoms with E-state index in [4.69, 9.17) is 22.2 Å². The summed E-state index contributed by atoms with van der Waals surface area (Å²) in [4.78, 5) is 111. The van der Waals surface area contributed by atoms with Gasteiger partial charge in [0.2, 0.25) is 22.3 Å². The third-order valence-corrected chi connectivity index (χ3v) is 11.3. The Morgan fingerprint density at radius 3 is 2.48 bits per heavy atom. The Morgan fingerprint density at radius 1 is 1.15 bits per heavy atom. The molecule has 2 aromatic rings. The number of aromatic nitrogens is 1. The van der Waals surface area contributed by atoms with Gasteiger partial charge in [-0.05, 0) is 26.0 Å². The molecule has 5 amide bonds. The summed E-state index contributed by atoms with van der Waals surface area (Å²) in [5.74, 6) is -9.74. The molecule has 4 heterocycles. The standard InChI is InChI=1S/C30H31ClN8O13S2/c1-29(2,25(47)48)52-36-19(14-10-53-27(32)34-14)16(41)9-13-23(46)37-11-30(26(49)50,54-24(13)37)38-7-8-39(28(38)51)35-17(42)5-6-33-22(45)20(43)12-3-4-15(40)21(44)18(12)31/h3-4,10,13,24,40,44H,5-9,11H2,1-2H3,(H2,32,34)(H,33,45)(H,35,42)(H,47,48)(H,49,50)/b36-19-/t13-,24-,30-/m1/s1. The number of carbonyl (C=O) groups excluding carboxylic acids is 6. The van der Waals surface area contributed by atoms with Gasteiger partial charge in [-0.2, -0.15) is 0 Å². The average molecular weight is 811 g/mol. The first kappa shape index (κ1) is 39.5. The fraction of sp³-hybridized carbons (Fsp3) is 0.400. The van der Waals surface area contributed by atoms with Crippen molar-refractivity contribution in [2.24, 2.45) is 11.1 Å². The van der Waals surface area contributed by atoms with Gasteiger partial charge in [-0.25, -0.2) is 24.4 Å². The van der Waals surface area contributed by atoms with Crippen LogP contribution in [0.5, 0.6) is 11.5 Å². The van der Waals surface area contributed by atoms with E-state index in [9.17, 15) is 58.8 Å². The molecule has 0 aliphatic carbocycles. The number of oxime groups is 1. The number of hydrogen-bond acceptors (Lipinski definition) is 16. The number of halogens is 1. The lowest BCUT2D eigenvalue weighted by Gasteiger charge is -2.40. The number of carboxylic acids is 2. The van der Waals surface area contributed by atoms with Crippen molar-refractivity contribution in [2.45, 2.75) is 42.5 Å². The molecule has 3 aliphatic heterocycles. The van der Waals surface area contributed by atoms with E-state index in [1.165, 1.54) is 24.1 Å². The number of nitrogens with one attached hydrogen (secondary N) is 2. The minimum absolute atomic E-state index is 0.0212. The Bertz CT molecular complexity index is 2010. The van der Waals surface area contributed by atoms with Crippen LogP contribution in [0.4, 0.5) is 9.93 Å². The molecule has 0 saturated carbocycles. The summed E-state index contributed by atoms with van der Waals surface area (Å²) in [6, 6.07) is 1.08. The zero-order valence-corrected chi connectivity index (χ0v) is 30.5. The van der Waals surface area contributed by atoms with Crippen LogP contribution in [-0.2, 0) is 33.6 Å². The molecule has 1 aromatic heterocycles. The number of nitrogens with zero attached hydrogens (tertiary/aromatic N) is 5. The second-order valence-corrected chi connectivity index (χ2v) is 15.1. The van der Waals surface area contributed by atoms with Gasteiger partial charge in [0.05, 0.1) is 35.0 Å². The van der Waals surface area contributed by atoms with Gasteiger partial charge in [0.15, 0.2) is 28.1 Å². The lowest BCUT2D eigenvalue weighted by molar-refractivity contribution is -0.161. The van der Waals surface area contributed by atoms with E-state index in [0.29, 0.717) is 0 Å². The number of ketones is 2. The number of aromatic hydroxyl groups is 2. The van der Waals surface area contributed by atoms with Gasteiger partial charge in [-0.3, -0.25) is 34.3 Å². The van der Waals surface area contributed by atoms with Crippen molar-refractivity contribution in [3.63, 3.8) is 0 Å². The largest absolute Gasteiger partial charge is 0.504 e. The number of fused-ring (bicyclic) bond motifs is 1. The molecule has 24 heteroatoms. The number of hydrazine groups is 1. The lowest BCUT2D eigenvalue weighted by Crippen LogP contribution is -2.60. The number of carboxylic acid groups (broad SMARTS) is 2. The molecular weight excluding hydrogens is 780 g/mol. The summed E-state index contributed by atoms with van der Waals surface area (Å²) in [6.07, 6.45) is -0.910. The first-order valence-electron chi connectivity index (χ1n) is 15.7. The van der Waals surface area contributed by atoms with Gasteiger partial charge >= 0.3 is 18.0 Å². The van der Waals surface area contributed by atoms with Crippen LogP contribution < -0.4 is 16.5 Å². The molecule has 0 radical (unpaired) electrons. The van der Waals surface area contributed by atoms with Crippen LogP contribution in [0, 0.1) is 5.92 Å². The molecule has 21 nitrogen and oxygen atoms in total. The van der Waals surface area contributed by atoms with Crippen LogP contribution in [0.3, 0.4) is 0 Å². The predicted octanol–water partition coefficient (Wildman–Crippen LogP) is -0.197. The summed E-state index contributed by atoms with van der Waals surface area (Å²) in [5.41, 5.74) is 5.37. The van der Waals surface area contributed by atoms with Gasteiger partial charge in [0.1, 0.15) is 5.69 Å². The van der Waals surface area contributed by atoms with Crippen LogP contribution in [0.25, 0.3) is 0 Å². The molecule has 3 atom stereocenters. The highest BCUT2D eigenvalue weighted by molar-refractivity contribution is 8.02. The number of phenolic OH excluding ortho intramolecular Hbond substituents is 2. The van der Waals surface area contributed by atoms with Crippen molar-refractivity contribution in [3.05, 3.63) is 33.8 Å². The summed E-state index contributed by atoms with van der Waals surface area (Å²) in [5, 5.41) is 45.8. The summed E-state index contributed by atoms with van der Waals surface area (Å²) in [7, 11) is 0. The quantitative estimate of drug-likeness (QED) is 0.0306. The lowest BCUT2D eigenvalue weighted by atomic mass is 9.90. The number of benzene rings is 1. The summed E-state index contributed by atoms with van der Waals surface area (Å²) in [6.45, 7) is 1.26. The molecule has 0 unspecified atom stereocenters. The fourth-order valence-corrected chi connectivity index (χ4v) is 7.97. The second-order valence-electron chi connectivity index (χ2n) is 12.5. The van der Waals surface area contributed by atoms with Crippen LogP contribution >= 0.6 is 34.7 Å². The highest BCUT2D eigenvalue weighted by Crippen LogP contribution is 2.53. The summed E-state index contributed by atoms with van der Waals surface area (Å²) >= 11 is 7.56. The van der Waals surface area contributed by atoms with Crippen LogP contribution in [0.1, 0.15) is 42.7 Å². The summed E-state index contributed by atoms with van der Waals surface area (Å²) < 4.78 is 0. The minimum Gasteiger partial charge on any atom is -0.504 e. The number of carbonyl (C=O) groups is 8. The van der Waals surface area contributed by atoms with Crippen molar-refractivity contribution < 1.29 is 63.6 Å². The van der Waals surface area contributed by atoms with Crippen molar-refractivity contribution in [1.29, 1.82) is 0 Å². The monoisotopic (exact) mass is 810 g/mol. The Kier molecular flexibility index (Phi) is 11.0. The maximum Gasteiger partial charge on any atom is 0.350 e. The van der Waals surface area contributed by atoms with E-state index in [-0.39, 0.29) is 30.5 Å². The van der Waals surface area contributed by atoms with Crippen LogP contribution in [-0.4, -0.2) is 135 Å². The molecule has 54 heavy (non-hydrogen) atoms. The predicted molar refractivity (Wildman–Crippen MR) is 186 cm³/mol. The maximum absolute atomic E-state index is 13.5. The zero-order chi connectivity index (χ0) is 39.9. The Hall–Kier alpha value is -5.68. The Balaban J connectivity index is 1.19. The van der Waals surface area contributed by atoms with Crippen molar-refractivity contribution in [3.8, 4) is 11.5 Å². The number of rotatable bonds is 15. The highest BCUT2D eigenvalue weighted by atomic mass is 35.5. The normalized spacial score (nSPS) is 21.0. The van der Waals surface area contributed by atoms with E-state index in [2.05, 4.69) is 20.9 Å². The van der Waals surface area contributed by atoms with Gasteiger partial charge in [0.25, 0.3) is 11.7 Å². The van der Waals surface area contributed by atoms with E-state index in [0.717, 1.165) is 45.1 Å². The van der Waals surface area contributed by atoms with Gasteiger partial charge < -0.3 is 41.2 Å². The van der Waals surface area contributed by atoms with Crippen molar-refractivity contribution >= 4 is 92.8 Å². The van der Waals surface area contributed by atoms with E-state index in [1.807, 2.05) is 0 Å². The van der Waals surface area contributed by atoms with Gasteiger partial charge in [-0.1, -0.05) is 28.5 Å². The second kappa shape index (κ2) is 15.0. The number of anilines is 1. The number of hydrogen-bond donors (Lipinski definition) is 7. The fourth-order valence-electron chi connectivity index (χ4n) is 5.48. The minimum atomic E-state index is -2.00. The number of nitrogen functional groups attached to an aromatic ring is 1. The number of nitrogens with two attached hydrogens (primary N) is 1. The molecular formula is C30H31ClN8O13S2. The van der Waals surface area contributed by atoms with Crippen molar-refractivity contribution in [1.82, 2.24) is 30.5 Å². The Labute approximate surface area is 317 Å². The first-order chi connectivity index (χ1) is 25.3. The number of thiazole rings is 1. The van der Waals surface area contributed by atoms with Gasteiger partial charge in [-0.15, -0.1) is 11.3 Å². The first-order valence-corrected chi connectivity index (χ1v) is 17.8. The van der Waals surface area contributed by atoms with E-state index >= 15 is 0 Å². The average Bonchev–Trinajstić information content (AvgIpc) is 3.81. The molecule has 5 rings (SSSR count). The highest BCUT2D eigenvalue weighted by Gasteiger charge is 2.66. The molecule has 3 saturated heterocycles. The Morgan fingerprint density at radius 2 is 1.85 bits per heavy atom. The number of aliphatic carboxylic acids is 2. The number of phenols is 2. The molecule has 8 N–H and O–H groups in total. The van der Waals surface area contributed by atoms with E-state index in [1.54, 1.807) is 0 Å². The molecule has 0 spiro atoms. The molecule has 288 valence electrons. The third-order valence-electron chi connectivity index (χ3n) is 8.49. The molecule has 0 bridgehead atoms. The van der Waals surface area contributed by atoms with E-state index < -0.39 is 116 Å². The van der Waals surface area contributed by atoms with Gasteiger partial charge in [0, 0.05) is 31.3 Å². The smallest absolute Gasteiger partial charge is 0.350 e.